The van der Waals surface area contributed by atoms with Crippen molar-refractivity contribution >= 4 is 67.4 Å². The zero-order valence-electron chi connectivity index (χ0n) is 24.1. The van der Waals surface area contributed by atoms with Gasteiger partial charge in [-0.25, -0.2) is 13.4 Å². The third kappa shape index (κ3) is 6.40. The van der Waals surface area contributed by atoms with E-state index in [-0.39, 0.29) is 28.9 Å². The first-order valence-electron chi connectivity index (χ1n) is 13.9. The number of carbonyl (C=O) groups is 2. The molecule has 0 spiro atoms. The minimum Gasteiger partial charge on any atom is -0.489 e. The van der Waals surface area contributed by atoms with E-state index in [1.807, 2.05) is 19.9 Å². The van der Waals surface area contributed by atoms with E-state index < -0.39 is 27.1 Å². The van der Waals surface area contributed by atoms with Crippen molar-refractivity contribution in [2.45, 2.75) is 69.0 Å². The Labute approximate surface area is 263 Å². The van der Waals surface area contributed by atoms with Gasteiger partial charge in [0.25, 0.3) is 5.91 Å². The highest BCUT2D eigenvalue weighted by Gasteiger charge is 2.39. The summed E-state index contributed by atoms with van der Waals surface area (Å²) < 4.78 is 32.7. The molecule has 43 heavy (non-hydrogen) atoms. The first-order chi connectivity index (χ1) is 20.3. The number of sulfone groups is 1. The number of halogens is 1. The quantitative estimate of drug-likeness (QED) is 0.221. The third-order valence-electron chi connectivity index (χ3n) is 7.30. The van der Waals surface area contributed by atoms with Gasteiger partial charge < -0.3 is 30.7 Å². The molecule has 2 aromatic carbocycles. The number of anilines is 4. The zero-order valence-corrected chi connectivity index (χ0v) is 27.1. The number of rotatable bonds is 10. The van der Waals surface area contributed by atoms with Crippen LogP contribution in [0.3, 0.4) is 0 Å². The smallest absolute Gasteiger partial charge is 0.320 e. The van der Waals surface area contributed by atoms with Gasteiger partial charge in [0, 0.05) is 30.9 Å². The second-order valence-electron chi connectivity index (χ2n) is 11.0. The van der Waals surface area contributed by atoms with Gasteiger partial charge in [0.15, 0.2) is 9.84 Å². The first kappa shape index (κ1) is 30.9. The predicted molar refractivity (Wildman–Crippen MR) is 170 cm³/mol. The summed E-state index contributed by atoms with van der Waals surface area (Å²) in [5.41, 5.74) is 2.18. The molecule has 12 nitrogen and oxygen atoms in total. The maximum Gasteiger partial charge on any atom is 0.320 e. The lowest BCUT2D eigenvalue weighted by Gasteiger charge is -2.22. The Balaban J connectivity index is 1.44. The van der Waals surface area contributed by atoms with Crippen molar-refractivity contribution in [3.63, 3.8) is 0 Å². The van der Waals surface area contributed by atoms with Crippen LogP contribution in [0.2, 0.25) is 0 Å². The SMILES string of the molecule is CC(C)Oc1cc2c(cc1Nc1ncc(I)c(Nc3ccccc3S(=O)(=O)C(C)C)n1)C(=O)N([C@H]1CN[C@H](C(=O)O)C1)C2. The van der Waals surface area contributed by atoms with Crippen LogP contribution in [0.25, 0.3) is 0 Å². The number of para-hydroxylation sites is 1. The lowest BCUT2D eigenvalue weighted by molar-refractivity contribution is -0.139. The van der Waals surface area contributed by atoms with E-state index in [0.29, 0.717) is 51.6 Å². The molecule has 0 saturated carbocycles. The first-order valence-corrected chi connectivity index (χ1v) is 16.5. The molecule has 0 radical (unpaired) electrons. The van der Waals surface area contributed by atoms with Crippen molar-refractivity contribution in [3.8, 4) is 5.75 Å². The average molecular weight is 721 g/mol. The molecular formula is C29H33IN6O6S. The number of hydrogen-bond donors (Lipinski definition) is 4. The molecule has 5 rings (SSSR count). The van der Waals surface area contributed by atoms with Crippen LogP contribution >= 0.6 is 22.6 Å². The topological polar surface area (TPSA) is 163 Å². The fraction of sp³-hybridized carbons (Fsp3) is 0.379. The van der Waals surface area contributed by atoms with Gasteiger partial charge in [-0.1, -0.05) is 12.1 Å². The molecule has 1 aromatic heterocycles. The van der Waals surface area contributed by atoms with Crippen molar-refractivity contribution in [3.05, 3.63) is 57.3 Å². The summed E-state index contributed by atoms with van der Waals surface area (Å²) in [6.07, 6.45) is 1.78. The Morgan fingerprint density at radius 2 is 1.91 bits per heavy atom. The predicted octanol–water partition coefficient (Wildman–Crippen LogP) is 4.31. The van der Waals surface area contributed by atoms with Crippen LogP contribution in [0.15, 0.2) is 47.5 Å². The molecule has 0 aliphatic carbocycles. The molecule has 0 bridgehead atoms. The van der Waals surface area contributed by atoms with Crippen LogP contribution in [0.5, 0.6) is 5.75 Å². The van der Waals surface area contributed by atoms with E-state index in [0.717, 1.165) is 5.56 Å². The Morgan fingerprint density at radius 3 is 2.58 bits per heavy atom. The minimum absolute atomic E-state index is 0.156. The largest absolute Gasteiger partial charge is 0.489 e. The fourth-order valence-corrected chi connectivity index (χ4v) is 6.68. The normalized spacial score (nSPS) is 18.3. The lowest BCUT2D eigenvalue weighted by atomic mass is 10.1. The highest BCUT2D eigenvalue weighted by Crippen LogP contribution is 2.37. The van der Waals surface area contributed by atoms with E-state index in [4.69, 9.17) is 4.74 Å². The van der Waals surface area contributed by atoms with Crippen molar-refractivity contribution < 1.29 is 27.9 Å². The van der Waals surface area contributed by atoms with E-state index in [1.54, 1.807) is 55.3 Å². The molecule has 2 atom stereocenters. The van der Waals surface area contributed by atoms with Crippen molar-refractivity contribution in [2.75, 3.05) is 17.2 Å². The molecule has 3 aromatic rings. The summed E-state index contributed by atoms with van der Waals surface area (Å²) in [4.78, 5) is 35.8. The van der Waals surface area contributed by atoms with Gasteiger partial charge in [-0.2, -0.15) is 4.98 Å². The Morgan fingerprint density at radius 1 is 1.16 bits per heavy atom. The third-order valence-corrected chi connectivity index (χ3v) is 10.3. The van der Waals surface area contributed by atoms with Gasteiger partial charge in [0.1, 0.15) is 17.6 Å². The van der Waals surface area contributed by atoms with Crippen LogP contribution in [0.4, 0.5) is 23.1 Å². The van der Waals surface area contributed by atoms with Crippen LogP contribution in [-0.4, -0.2) is 70.3 Å². The molecule has 0 unspecified atom stereocenters. The van der Waals surface area contributed by atoms with Crippen LogP contribution in [0.1, 0.15) is 50.0 Å². The van der Waals surface area contributed by atoms with Crippen LogP contribution < -0.4 is 20.7 Å². The molecule has 3 heterocycles. The number of carbonyl (C=O) groups excluding carboxylic acids is 1. The summed E-state index contributed by atoms with van der Waals surface area (Å²) in [5, 5.41) is 18.1. The molecule has 228 valence electrons. The molecule has 2 aliphatic rings. The number of fused-ring (bicyclic) bond motifs is 1. The Hall–Kier alpha value is -3.50. The highest BCUT2D eigenvalue weighted by molar-refractivity contribution is 14.1. The number of amides is 1. The van der Waals surface area contributed by atoms with Gasteiger partial charge in [-0.15, -0.1) is 0 Å². The molecule has 2 aliphatic heterocycles. The molecule has 4 N–H and O–H groups in total. The molecule has 1 amide bonds. The number of aliphatic carboxylic acids is 1. The Kier molecular flexibility index (Phi) is 8.81. The van der Waals surface area contributed by atoms with Crippen molar-refractivity contribution in [1.29, 1.82) is 0 Å². The minimum atomic E-state index is -3.56. The number of carboxylic acids is 1. The summed E-state index contributed by atoms with van der Waals surface area (Å²) in [5.74, 6) is 0.0256. The van der Waals surface area contributed by atoms with Gasteiger partial charge in [0.2, 0.25) is 5.95 Å². The van der Waals surface area contributed by atoms with E-state index in [9.17, 15) is 23.1 Å². The van der Waals surface area contributed by atoms with Gasteiger partial charge in [-0.05, 0) is 86.5 Å². The highest BCUT2D eigenvalue weighted by atomic mass is 127. The second-order valence-corrected chi connectivity index (χ2v) is 14.7. The number of hydrogen-bond acceptors (Lipinski definition) is 10. The van der Waals surface area contributed by atoms with Gasteiger partial charge in [0.05, 0.1) is 31.2 Å². The maximum absolute atomic E-state index is 13.5. The maximum atomic E-state index is 13.5. The summed E-state index contributed by atoms with van der Waals surface area (Å²) in [7, 11) is -3.56. The average Bonchev–Trinajstić information content (AvgIpc) is 3.56. The number of aromatic nitrogens is 2. The van der Waals surface area contributed by atoms with E-state index in [1.165, 1.54) is 0 Å². The Bertz CT molecular complexity index is 1680. The van der Waals surface area contributed by atoms with E-state index in [2.05, 4.69) is 48.5 Å². The molecule has 1 fully saturated rings. The number of benzene rings is 2. The summed E-state index contributed by atoms with van der Waals surface area (Å²) in [6.45, 7) is 7.84. The summed E-state index contributed by atoms with van der Waals surface area (Å²) >= 11 is 2.07. The number of nitrogens with one attached hydrogen (secondary N) is 3. The number of ether oxygens (including phenoxy) is 1. The van der Waals surface area contributed by atoms with E-state index >= 15 is 0 Å². The zero-order chi connectivity index (χ0) is 31.1. The van der Waals surface area contributed by atoms with Crippen molar-refractivity contribution in [2.24, 2.45) is 0 Å². The van der Waals surface area contributed by atoms with Gasteiger partial charge >= 0.3 is 5.97 Å². The molecular weight excluding hydrogens is 687 g/mol. The standard InChI is InChI=1S/C29H33IN6O6S/c1-15(2)42-24-9-17-14-36(18-10-23(28(38)39)31-12-18)27(37)19(17)11-22(24)34-29-32-13-20(30)26(35-29)33-21-7-5-6-8-25(21)43(40,41)16(3)4/h5-9,11,13,15-16,18,23,31H,10,12,14H2,1-4H3,(H,38,39)(H2,32,33,34,35)/t18-,23+/m1/s1. The van der Waals surface area contributed by atoms with Gasteiger partial charge in [-0.3, -0.25) is 9.59 Å². The fourth-order valence-electron chi connectivity index (χ4n) is 5.08. The monoisotopic (exact) mass is 720 g/mol. The summed E-state index contributed by atoms with van der Waals surface area (Å²) in [6, 6.07) is 9.30. The molecule has 1 saturated heterocycles. The number of carboxylic acid groups (broad SMARTS) is 1. The van der Waals surface area contributed by atoms with Crippen molar-refractivity contribution in [1.82, 2.24) is 20.2 Å². The number of nitrogens with zero attached hydrogens (tertiary/aromatic N) is 3. The van der Waals surface area contributed by atoms with Crippen LogP contribution in [0, 0.1) is 3.57 Å². The lowest BCUT2D eigenvalue weighted by Crippen LogP contribution is -2.36. The molecule has 14 heteroatoms. The second kappa shape index (κ2) is 12.2. The van der Waals surface area contributed by atoms with Crippen LogP contribution in [-0.2, 0) is 21.2 Å².